The second-order valence-corrected chi connectivity index (χ2v) is 5.22. The highest BCUT2D eigenvalue weighted by molar-refractivity contribution is 7.98. The lowest BCUT2D eigenvalue weighted by molar-refractivity contribution is 0.199. The summed E-state index contributed by atoms with van der Waals surface area (Å²) >= 11 is 1.64. The summed E-state index contributed by atoms with van der Waals surface area (Å²) in [4.78, 5) is 1.08. The van der Waals surface area contributed by atoms with Gasteiger partial charge in [-0.3, -0.25) is 0 Å². The van der Waals surface area contributed by atoms with E-state index in [0.29, 0.717) is 0 Å². The number of hydrogen-bond donors (Lipinski definition) is 1. The number of aliphatic hydroxyl groups is 1. The Kier molecular flexibility index (Phi) is 4.39. The molecule has 0 aliphatic heterocycles. The molecule has 0 radical (unpaired) electrons. The molecule has 0 bridgehead atoms. The van der Waals surface area contributed by atoms with Gasteiger partial charge in [-0.15, -0.1) is 11.8 Å². The number of halogens is 1. The number of rotatable bonds is 4. The summed E-state index contributed by atoms with van der Waals surface area (Å²) in [5.74, 6) is 0.520. The van der Waals surface area contributed by atoms with Crippen LogP contribution < -0.4 is 0 Å². The first kappa shape index (κ1) is 13.1. The van der Waals surface area contributed by atoms with Crippen LogP contribution in [0.3, 0.4) is 0 Å². The maximum Gasteiger partial charge on any atom is 0.123 e. The van der Waals surface area contributed by atoms with E-state index in [-0.39, 0.29) is 5.82 Å². The molecule has 1 unspecified atom stereocenters. The van der Waals surface area contributed by atoms with E-state index in [4.69, 9.17) is 0 Å². The van der Waals surface area contributed by atoms with Crippen molar-refractivity contribution >= 4 is 11.8 Å². The van der Waals surface area contributed by atoms with Crippen molar-refractivity contribution in [1.29, 1.82) is 0 Å². The Hall–Kier alpha value is -1.32. The SMILES string of the molecule is CC(O)c1cccc(SCc2cccc(F)c2)c1. The van der Waals surface area contributed by atoms with Crippen molar-refractivity contribution in [3.63, 3.8) is 0 Å². The molecule has 3 heteroatoms. The summed E-state index contributed by atoms with van der Waals surface area (Å²) in [6.45, 7) is 1.75. The average Bonchev–Trinajstić information content (AvgIpc) is 2.37. The zero-order valence-electron chi connectivity index (χ0n) is 10.1. The van der Waals surface area contributed by atoms with Gasteiger partial charge in [-0.2, -0.15) is 0 Å². The van der Waals surface area contributed by atoms with E-state index in [9.17, 15) is 9.50 Å². The molecule has 0 heterocycles. The quantitative estimate of drug-likeness (QED) is 0.834. The molecule has 0 spiro atoms. The summed E-state index contributed by atoms with van der Waals surface area (Å²) in [6.07, 6.45) is -0.459. The molecule has 0 amide bonds. The lowest BCUT2D eigenvalue weighted by atomic mass is 10.1. The Bertz CT molecular complexity index is 525. The molecule has 2 aromatic rings. The molecular formula is C15H15FOS. The van der Waals surface area contributed by atoms with Gasteiger partial charge in [0.25, 0.3) is 0 Å². The molecule has 0 aliphatic rings. The first-order valence-corrected chi connectivity index (χ1v) is 6.79. The normalized spacial score (nSPS) is 12.4. The second-order valence-electron chi connectivity index (χ2n) is 4.17. The molecule has 0 fully saturated rings. The van der Waals surface area contributed by atoms with Crippen LogP contribution in [0.25, 0.3) is 0 Å². The van der Waals surface area contributed by atoms with Crippen LogP contribution in [-0.4, -0.2) is 5.11 Å². The smallest absolute Gasteiger partial charge is 0.123 e. The van der Waals surface area contributed by atoms with Gasteiger partial charge in [0, 0.05) is 10.6 Å². The predicted molar refractivity (Wildman–Crippen MR) is 73.0 cm³/mol. The molecule has 18 heavy (non-hydrogen) atoms. The lowest BCUT2D eigenvalue weighted by Crippen LogP contribution is -1.90. The number of aliphatic hydroxyl groups excluding tert-OH is 1. The second kappa shape index (κ2) is 6.03. The average molecular weight is 262 g/mol. The molecule has 1 nitrogen and oxygen atoms in total. The van der Waals surface area contributed by atoms with Gasteiger partial charge in [0.2, 0.25) is 0 Å². The Labute approximate surface area is 111 Å². The molecule has 0 saturated carbocycles. The highest BCUT2D eigenvalue weighted by Crippen LogP contribution is 2.25. The highest BCUT2D eigenvalue weighted by atomic mass is 32.2. The van der Waals surface area contributed by atoms with Gasteiger partial charge in [-0.25, -0.2) is 4.39 Å². The van der Waals surface area contributed by atoms with E-state index >= 15 is 0 Å². The van der Waals surface area contributed by atoms with Gasteiger partial charge in [0.1, 0.15) is 5.82 Å². The number of thioether (sulfide) groups is 1. The van der Waals surface area contributed by atoms with Crippen molar-refractivity contribution in [2.24, 2.45) is 0 Å². The van der Waals surface area contributed by atoms with Crippen molar-refractivity contribution in [1.82, 2.24) is 0 Å². The summed E-state index contributed by atoms with van der Waals surface area (Å²) < 4.78 is 13.0. The third-order valence-corrected chi connectivity index (χ3v) is 3.70. The van der Waals surface area contributed by atoms with Crippen LogP contribution in [-0.2, 0) is 5.75 Å². The van der Waals surface area contributed by atoms with E-state index < -0.39 is 6.10 Å². The van der Waals surface area contributed by atoms with Gasteiger partial charge >= 0.3 is 0 Å². The summed E-state index contributed by atoms with van der Waals surface area (Å²) in [5, 5.41) is 9.51. The highest BCUT2D eigenvalue weighted by Gasteiger charge is 2.03. The van der Waals surface area contributed by atoms with Gasteiger partial charge in [0.15, 0.2) is 0 Å². The van der Waals surface area contributed by atoms with Crippen molar-refractivity contribution in [3.8, 4) is 0 Å². The van der Waals surface area contributed by atoms with Crippen molar-refractivity contribution < 1.29 is 9.50 Å². The van der Waals surface area contributed by atoms with Gasteiger partial charge in [0.05, 0.1) is 6.10 Å². The maximum atomic E-state index is 13.0. The van der Waals surface area contributed by atoms with Crippen LogP contribution in [0.5, 0.6) is 0 Å². The Morgan fingerprint density at radius 3 is 2.67 bits per heavy atom. The van der Waals surface area contributed by atoms with E-state index in [1.54, 1.807) is 30.8 Å². The van der Waals surface area contributed by atoms with E-state index in [1.165, 1.54) is 6.07 Å². The van der Waals surface area contributed by atoms with Crippen LogP contribution >= 0.6 is 11.8 Å². The fourth-order valence-electron chi connectivity index (χ4n) is 1.66. The van der Waals surface area contributed by atoms with Crippen molar-refractivity contribution in [2.45, 2.75) is 23.7 Å². The van der Waals surface area contributed by atoms with Crippen LogP contribution in [0.2, 0.25) is 0 Å². The first-order chi connectivity index (χ1) is 8.65. The lowest BCUT2D eigenvalue weighted by Gasteiger charge is -2.07. The number of hydrogen-bond acceptors (Lipinski definition) is 2. The first-order valence-electron chi connectivity index (χ1n) is 5.80. The molecule has 1 atom stereocenters. The zero-order chi connectivity index (χ0) is 13.0. The minimum Gasteiger partial charge on any atom is -0.389 e. The van der Waals surface area contributed by atoms with Crippen LogP contribution in [0, 0.1) is 5.82 Å². The summed E-state index contributed by atoms with van der Waals surface area (Å²) in [7, 11) is 0. The minimum absolute atomic E-state index is 0.203. The molecule has 2 aromatic carbocycles. The molecular weight excluding hydrogens is 247 g/mol. The van der Waals surface area contributed by atoms with Crippen molar-refractivity contribution in [2.75, 3.05) is 0 Å². The molecule has 94 valence electrons. The van der Waals surface area contributed by atoms with Gasteiger partial charge in [-0.05, 0) is 42.3 Å². The fraction of sp³-hybridized carbons (Fsp3) is 0.200. The zero-order valence-corrected chi connectivity index (χ0v) is 11.0. The van der Waals surface area contributed by atoms with E-state index in [2.05, 4.69) is 0 Å². The largest absolute Gasteiger partial charge is 0.389 e. The molecule has 0 saturated heterocycles. The minimum atomic E-state index is -0.459. The molecule has 0 aliphatic carbocycles. The molecule has 1 N–H and O–H groups in total. The summed E-state index contributed by atoms with van der Waals surface area (Å²) in [6, 6.07) is 14.4. The Balaban J connectivity index is 2.04. The summed E-state index contributed by atoms with van der Waals surface area (Å²) in [5.41, 5.74) is 1.86. The Morgan fingerprint density at radius 2 is 1.94 bits per heavy atom. The topological polar surface area (TPSA) is 20.2 Å². The van der Waals surface area contributed by atoms with Crippen LogP contribution in [0.4, 0.5) is 4.39 Å². The maximum absolute atomic E-state index is 13.0. The molecule has 2 rings (SSSR count). The van der Waals surface area contributed by atoms with E-state index in [0.717, 1.165) is 21.8 Å². The van der Waals surface area contributed by atoms with Crippen LogP contribution in [0.15, 0.2) is 53.4 Å². The predicted octanol–water partition coefficient (Wildman–Crippen LogP) is 4.17. The van der Waals surface area contributed by atoms with Crippen LogP contribution in [0.1, 0.15) is 24.2 Å². The van der Waals surface area contributed by atoms with Gasteiger partial charge < -0.3 is 5.11 Å². The van der Waals surface area contributed by atoms with Gasteiger partial charge in [-0.1, -0.05) is 24.3 Å². The third kappa shape index (κ3) is 3.59. The standard InChI is InChI=1S/C15H15FOS/c1-11(17)13-5-3-7-15(9-13)18-10-12-4-2-6-14(16)8-12/h2-9,11,17H,10H2,1H3. The molecule has 0 aromatic heterocycles. The monoisotopic (exact) mass is 262 g/mol. The van der Waals surface area contributed by atoms with E-state index in [1.807, 2.05) is 30.3 Å². The fourth-order valence-corrected chi connectivity index (χ4v) is 2.56. The third-order valence-electron chi connectivity index (χ3n) is 2.64. The Morgan fingerprint density at radius 1 is 1.17 bits per heavy atom. The number of benzene rings is 2. The van der Waals surface area contributed by atoms with Crippen molar-refractivity contribution in [3.05, 3.63) is 65.5 Å².